The Bertz CT molecular complexity index is 1260. The predicted molar refractivity (Wildman–Crippen MR) is 121 cm³/mol. The summed E-state index contributed by atoms with van der Waals surface area (Å²) in [5, 5.41) is 0.493. The number of methoxy groups -OCH3 is 1. The van der Waals surface area contributed by atoms with Gasteiger partial charge in [-0.1, -0.05) is 43.0 Å². The molecule has 0 N–H and O–H groups in total. The van der Waals surface area contributed by atoms with E-state index in [1.807, 2.05) is 36.4 Å². The van der Waals surface area contributed by atoms with Crippen molar-refractivity contribution in [2.24, 2.45) is 0 Å². The van der Waals surface area contributed by atoms with Crippen molar-refractivity contribution in [3.63, 3.8) is 0 Å². The summed E-state index contributed by atoms with van der Waals surface area (Å²) in [7, 11) is 1.57. The molecule has 1 heterocycles. The van der Waals surface area contributed by atoms with Crippen LogP contribution in [-0.4, -0.2) is 13.7 Å². The summed E-state index contributed by atoms with van der Waals surface area (Å²) >= 11 is 0. The fourth-order valence-corrected chi connectivity index (χ4v) is 3.20. The molecule has 0 radical (unpaired) electrons. The summed E-state index contributed by atoms with van der Waals surface area (Å²) in [6.07, 6.45) is 1.65. The summed E-state index contributed by atoms with van der Waals surface area (Å²) in [5.41, 5.74) is 2.09. The molecule has 5 heteroatoms. The van der Waals surface area contributed by atoms with E-state index in [0.29, 0.717) is 52.8 Å². The Labute approximate surface area is 180 Å². The van der Waals surface area contributed by atoms with Crippen molar-refractivity contribution in [2.75, 3.05) is 13.7 Å². The molecule has 0 aliphatic rings. The molecule has 0 saturated heterocycles. The molecular formula is C26H22O5. The quantitative estimate of drug-likeness (QED) is 0.351. The van der Waals surface area contributed by atoms with Crippen LogP contribution in [0.2, 0.25) is 0 Å². The van der Waals surface area contributed by atoms with E-state index in [1.165, 1.54) is 6.07 Å². The topological polar surface area (TPSA) is 57.9 Å². The first-order valence-corrected chi connectivity index (χ1v) is 9.84. The number of fused-ring (bicyclic) bond motifs is 1. The van der Waals surface area contributed by atoms with E-state index in [1.54, 1.807) is 43.5 Å². The molecule has 0 amide bonds. The van der Waals surface area contributed by atoms with Gasteiger partial charge in [-0.05, 0) is 35.9 Å². The molecule has 0 aliphatic heterocycles. The highest BCUT2D eigenvalue weighted by Gasteiger charge is 2.12. The highest BCUT2D eigenvalue weighted by Crippen LogP contribution is 2.33. The first-order chi connectivity index (χ1) is 15.2. The van der Waals surface area contributed by atoms with E-state index in [2.05, 4.69) is 6.58 Å². The van der Waals surface area contributed by atoms with Crippen LogP contribution in [0.5, 0.6) is 17.2 Å². The van der Waals surface area contributed by atoms with Crippen molar-refractivity contribution < 1.29 is 18.6 Å². The molecule has 1 aromatic heterocycles. The van der Waals surface area contributed by atoms with Crippen molar-refractivity contribution in [3.8, 4) is 28.6 Å². The minimum absolute atomic E-state index is 0.129. The Morgan fingerprint density at radius 3 is 2.55 bits per heavy atom. The van der Waals surface area contributed by atoms with Gasteiger partial charge in [0.2, 0.25) is 0 Å². The van der Waals surface area contributed by atoms with Crippen molar-refractivity contribution in [1.29, 1.82) is 0 Å². The van der Waals surface area contributed by atoms with Gasteiger partial charge in [0.05, 0.1) is 12.5 Å². The minimum Gasteiger partial charge on any atom is -0.493 e. The monoisotopic (exact) mass is 414 g/mol. The van der Waals surface area contributed by atoms with Crippen LogP contribution in [0.25, 0.3) is 22.3 Å². The Kier molecular flexibility index (Phi) is 6.03. The third-order valence-corrected chi connectivity index (χ3v) is 4.75. The number of ether oxygens (including phenoxy) is 3. The third kappa shape index (κ3) is 4.61. The molecule has 0 bridgehead atoms. The highest BCUT2D eigenvalue weighted by atomic mass is 16.5. The van der Waals surface area contributed by atoms with Gasteiger partial charge in [0.25, 0.3) is 0 Å². The van der Waals surface area contributed by atoms with Crippen LogP contribution in [-0.2, 0) is 6.61 Å². The van der Waals surface area contributed by atoms with Crippen LogP contribution in [0.3, 0.4) is 0 Å². The normalized spacial score (nSPS) is 10.6. The molecule has 4 rings (SSSR count). The lowest BCUT2D eigenvalue weighted by molar-refractivity contribution is 0.306. The van der Waals surface area contributed by atoms with Crippen LogP contribution in [0, 0.1) is 0 Å². The SMILES string of the molecule is C=CCOc1cc(-c2cc(=O)c3ccc(OCc4ccccc4)cc3o2)ccc1OC. The van der Waals surface area contributed by atoms with Crippen LogP contribution in [0.1, 0.15) is 5.56 Å². The van der Waals surface area contributed by atoms with E-state index < -0.39 is 0 Å². The molecule has 0 spiro atoms. The minimum atomic E-state index is -0.129. The average Bonchev–Trinajstić information content (AvgIpc) is 2.81. The molecular weight excluding hydrogens is 392 g/mol. The zero-order valence-corrected chi connectivity index (χ0v) is 17.2. The number of hydrogen-bond donors (Lipinski definition) is 0. The van der Waals surface area contributed by atoms with Gasteiger partial charge < -0.3 is 18.6 Å². The number of benzene rings is 3. The predicted octanol–water partition coefficient (Wildman–Crippen LogP) is 5.61. The van der Waals surface area contributed by atoms with Crippen LogP contribution in [0.4, 0.5) is 0 Å². The molecule has 0 unspecified atom stereocenters. The van der Waals surface area contributed by atoms with Gasteiger partial charge in [-0.15, -0.1) is 0 Å². The Hall–Kier alpha value is -3.99. The van der Waals surface area contributed by atoms with Gasteiger partial charge in [-0.2, -0.15) is 0 Å². The average molecular weight is 414 g/mol. The van der Waals surface area contributed by atoms with Gasteiger partial charge in [-0.25, -0.2) is 0 Å². The van der Waals surface area contributed by atoms with Crippen molar-refractivity contribution >= 4 is 11.0 Å². The van der Waals surface area contributed by atoms with Gasteiger partial charge >= 0.3 is 0 Å². The molecule has 0 atom stereocenters. The zero-order chi connectivity index (χ0) is 21.6. The molecule has 31 heavy (non-hydrogen) atoms. The molecule has 0 aliphatic carbocycles. The molecule has 0 fully saturated rings. The maximum absolute atomic E-state index is 12.7. The molecule has 0 saturated carbocycles. The second-order valence-electron chi connectivity index (χ2n) is 6.87. The van der Waals surface area contributed by atoms with Gasteiger partial charge in [0.15, 0.2) is 16.9 Å². The summed E-state index contributed by atoms with van der Waals surface area (Å²) in [4.78, 5) is 12.7. The van der Waals surface area contributed by atoms with Crippen LogP contribution >= 0.6 is 0 Å². The maximum atomic E-state index is 12.7. The van der Waals surface area contributed by atoms with Gasteiger partial charge in [-0.3, -0.25) is 4.79 Å². The summed E-state index contributed by atoms with van der Waals surface area (Å²) in [6, 6.07) is 22.0. The summed E-state index contributed by atoms with van der Waals surface area (Å²) in [5.74, 6) is 2.19. The second kappa shape index (κ2) is 9.22. The lowest BCUT2D eigenvalue weighted by Crippen LogP contribution is -2.02. The van der Waals surface area contributed by atoms with Crippen LogP contribution < -0.4 is 19.6 Å². The van der Waals surface area contributed by atoms with Crippen molar-refractivity contribution in [3.05, 3.63) is 101 Å². The Morgan fingerprint density at radius 2 is 1.77 bits per heavy atom. The van der Waals surface area contributed by atoms with Crippen LogP contribution in [0.15, 0.2) is 94.7 Å². The Morgan fingerprint density at radius 1 is 0.935 bits per heavy atom. The van der Waals surface area contributed by atoms with Crippen molar-refractivity contribution in [1.82, 2.24) is 0 Å². The smallest absolute Gasteiger partial charge is 0.193 e. The molecule has 4 aromatic rings. The first kappa shape index (κ1) is 20.3. The zero-order valence-electron chi connectivity index (χ0n) is 17.2. The second-order valence-corrected chi connectivity index (χ2v) is 6.87. The Balaban J connectivity index is 1.67. The summed E-state index contributed by atoms with van der Waals surface area (Å²) < 4.78 is 22.9. The van der Waals surface area contributed by atoms with E-state index in [-0.39, 0.29) is 5.43 Å². The van der Waals surface area contributed by atoms with E-state index in [0.717, 1.165) is 5.56 Å². The fraction of sp³-hybridized carbons (Fsp3) is 0.115. The lowest BCUT2D eigenvalue weighted by Gasteiger charge is -2.11. The van der Waals surface area contributed by atoms with Crippen molar-refractivity contribution in [2.45, 2.75) is 6.61 Å². The third-order valence-electron chi connectivity index (χ3n) is 4.75. The fourth-order valence-electron chi connectivity index (χ4n) is 3.20. The summed E-state index contributed by atoms with van der Waals surface area (Å²) in [6.45, 7) is 4.43. The lowest BCUT2D eigenvalue weighted by atomic mass is 10.1. The van der Waals surface area contributed by atoms with E-state index in [9.17, 15) is 4.79 Å². The highest BCUT2D eigenvalue weighted by molar-refractivity contribution is 5.80. The van der Waals surface area contributed by atoms with Gasteiger partial charge in [0, 0.05) is 17.7 Å². The van der Waals surface area contributed by atoms with E-state index >= 15 is 0 Å². The van der Waals surface area contributed by atoms with Gasteiger partial charge in [0.1, 0.15) is 30.3 Å². The largest absolute Gasteiger partial charge is 0.493 e. The molecule has 3 aromatic carbocycles. The number of rotatable bonds is 8. The first-order valence-electron chi connectivity index (χ1n) is 9.84. The van der Waals surface area contributed by atoms with E-state index in [4.69, 9.17) is 18.6 Å². The standard InChI is InChI=1S/C26H22O5/c1-3-13-29-26-14-19(9-12-23(26)28-2)24-16-22(27)21-11-10-20(15-25(21)31-24)30-17-18-7-5-4-6-8-18/h3-12,14-16H,1,13,17H2,2H3. The number of hydrogen-bond acceptors (Lipinski definition) is 5. The maximum Gasteiger partial charge on any atom is 0.193 e. The molecule has 156 valence electrons. The molecule has 5 nitrogen and oxygen atoms in total.